The zero-order chi connectivity index (χ0) is 12.8. The Kier molecular flexibility index (Phi) is 4.66. The van der Waals surface area contributed by atoms with Crippen LogP contribution in [0.25, 0.3) is 5.76 Å². The van der Waals surface area contributed by atoms with Crippen LogP contribution in [0.5, 0.6) is 0 Å². The Labute approximate surface area is 103 Å². The van der Waals surface area contributed by atoms with Crippen LogP contribution < -0.4 is 0 Å². The fourth-order valence-electron chi connectivity index (χ4n) is 1.02. The molecular weight excluding hydrogens is 246 g/mol. The molecule has 6 heteroatoms. The molecule has 0 radical (unpaired) electrons. The summed E-state index contributed by atoms with van der Waals surface area (Å²) in [6.07, 6.45) is 3.47. The van der Waals surface area contributed by atoms with Crippen LogP contribution in [0.2, 0.25) is 5.02 Å². The number of aliphatic hydroxyl groups excluding tert-OH is 1. The molecule has 1 heterocycles. The predicted molar refractivity (Wildman–Crippen MR) is 61.5 cm³/mol. The molecule has 0 saturated heterocycles. The number of nitrogens with zero attached hydrogens (tertiary/aromatic N) is 1. The van der Waals surface area contributed by atoms with Crippen LogP contribution in [0.1, 0.15) is 12.5 Å². The second kappa shape index (κ2) is 6.00. The monoisotopic (exact) mass is 255 g/mol. The summed E-state index contributed by atoms with van der Waals surface area (Å²) < 4.78 is 4.48. The first-order chi connectivity index (χ1) is 8.04. The Hall–Kier alpha value is -1.88. The molecule has 1 aromatic rings. The van der Waals surface area contributed by atoms with Gasteiger partial charge in [-0.3, -0.25) is 9.78 Å². The summed E-state index contributed by atoms with van der Waals surface area (Å²) in [6, 6.07) is 1.42. The minimum atomic E-state index is -1.02. The second-order valence-corrected chi connectivity index (χ2v) is 3.44. The minimum Gasteiger partial charge on any atom is -0.507 e. The molecule has 1 rings (SSSR count). The lowest BCUT2D eigenvalue weighted by molar-refractivity contribution is -0.151. The first-order valence-electron chi connectivity index (χ1n) is 4.77. The van der Waals surface area contributed by atoms with Gasteiger partial charge in [0.05, 0.1) is 11.6 Å². The maximum absolute atomic E-state index is 11.2. The zero-order valence-corrected chi connectivity index (χ0v) is 9.77. The average molecular weight is 256 g/mol. The summed E-state index contributed by atoms with van der Waals surface area (Å²) in [5.41, 5.74) is 0.246. The molecule has 0 spiro atoms. The summed E-state index contributed by atoms with van der Waals surface area (Å²) in [5.74, 6) is -2.35. The molecule has 0 amide bonds. The Morgan fingerprint density at radius 2 is 2.24 bits per heavy atom. The van der Waals surface area contributed by atoms with Gasteiger partial charge < -0.3 is 9.84 Å². The van der Waals surface area contributed by atoms with E-state index in [1.54, 1.807) is 6.92 Å². The van der Waals surface area contributed by atoms with Gasteiger partial charge in [-0.1, -0.05) is 11.6 Å². The van der Waals surface area contributed by atoms with Gasteiger partial charge in [0.25, 0.3) is 5.78 Å². The number of hydrogen-bond donors (Lipinski definition) is 1. The minimum absolute atomic E-state index is 0.0951. The quantitative estimate of drug-likeness (QED) is 0.384. The standard InChI is InChI=1S/C11H10ClNO4/c1-2-17-11(16)10(15)4-9(14)7-3-8(12)6-13-5-7/h3-6,14H,2H2,1H3. The Morgan fingerprint density at radius 1 is 1.53 bits per heavy atom. The lowest BCUT2D eigenvalue weighted by Crippen LogP contribution is -2.15. The highest BCUT2D eigenvalue weighted by atomic mass is 35.5. The summed E-state index contributed by atoms with van der Waals surface area (Å²) >= 11 is 5.66. The van der Waals surface area contributed by atoms with Crippen molar-refractivity contribution in [1.82, 2.24) is 4.98 Å². The van der Waals surface area contributed by atoms with Crippen molar-refractivity contribution in [1.29, 1.82) is 0 Å². The summed E-state index contributed by atoms with van der Waals surface area (Å²) in [4.78, 5) is 26.0. The molecule has 0 saturated carbocycles. The lowest BCUT2D eigenvalue weighted by Gasteiger charge is -2.00. The Balaban J connectivity index is 2.86. The summed E-state index contributed by atoms with van der Waals surface area (Å²) in [7, 11) is 0. The number of aliphatic hydroxyl groups is 1. The molecule has 0 aliphatic rings. The zero-order valence-electron chi connectivity index (χ0n) is 9.01. The number of rotatable bonds is 4. The second-order valence-electron chi connectivity index (χ2n) is 3.01. The highest BCUT2D eigenvalue weighted by molar-refractivity contribution is 6.39. The highest BCUT2D eigenvalue weighted by Crippen LogP contribution is 2.15. The first kappa shape index (κ1) is 13.2. The van der Waals surface area contributed by atoms with E-state index >= 15 is 0 Å². The van der Waals surface area contributed by atoms with E-state index in [2.05, 4.69) is 9.72 Å². The maximum Gasteiger partial charge on any atom is 0.379 e. The topological polar surface area (TPSA) is 76.5 Å². The summed E-state index contributed by atoms with van der Waals surface area (Å²) in [6.45, 7) is 1.67. The third kappa shape index (κ3) is 3.88. The van der Waals surface area contributed by atoms with Crippen molar-refractivity contribution in [3.63, 3.8) is 0 Å². The molecule has 1 N–H and O–H groups in total. The predicted octanol–water partition coefficient (Wildman–Crippen LogP) is 1.77. The molecule has 90 valence electrons. The van der Waals surface area contributed by atoms with Crippen molar-refractivity contribution < 1.29 is 19.4 Å². The van der Waals surface area contributed by atoms with Gasteiger partial charge in [-0.05, 0) is 13.0 Å². The molecule has 0 aromatic carbocycles. The third-order valence-electron chi connectivity index (χ3n) is 1.75. The maximum atomic E-state index is 11.2. The van der Waals surface area contributed by atoms with E-state index in [-0.39, 0.29) is 12.2 Å². The Morgan fingerprint density at radius 3 is 2.82 bits per heavy atom. The Bertz CT molecular complexity index is 470. The van der Waals surface area contributed by atoms with Gasteiger partial charge in [0.15, 0.2) is 0 Å². The van der Waals surface area contributed by atoms with Crippen LogP contribution in [0.3, 0.4) is 0 Å². The molecule has 0 atom stereocenters. The van der Waals surface area contributed by atoms with Gasteiger partial charge in [-0.2, -0.15) is 0 Å². The van der Waals surface area contributed by atoms with E-state index in [0.29, 0.717) is 5.02 Å². The van der Waals surface area contributed by atoms with E-state index in [9.17, 15) is 14.7 Å². The molecular formula is C11H10ClNO4. The number of aromatic nitrogens is 1. The summed E-state index contributed by atoms with van der Waals surface area (Å²) in [5, 5.41) is 9.88. The molecule has 17 heavy (non-hydrogen) atoms. The molecule has 0 aliphatic carbocycles. The van der Waals surface area contributed by atoms with Crippen molar-refractivity contribution in [2.75, 3.05) is 6.61 Å². The van der Waals surface area contributed by atoms with E-state index in [4.69, 9.17) is 11.6 Å². The van der Waals surface area contributed by atoms with E-state index in [1.165, 1.54) is 18.5 Å². The fourth-order valence-corrected chi connectivity index (χ4v) is 1.19. The molecule has 0 fully saturated rings. The molecule has 5 nitrogen and oxygen atoms in total. The largest absolute Gasteiger partial charge is 0.507 e. The van der Waals surface area contributed by atoms with E-state index < -0.39 is 17.5 Å². The number of carbonyl (C=O) groups is 2. The van der Waals surface area contributed by atoms with Crippen LogP contribution in [0.15, 0.2) is 24.5 Å². The number of hydrogen-bond acceptors (Lipinski definition) is 5. The van der Waals surface area contributed by atoms with Crippen molar-refractivity contribution in [2.24, 2.45) is 0 Å². The first-order valence-corrected chi connectivity index (χ1v) is 5.15. The van der Waals surface area contributed by atoms with Gasteiger partial charge in [0.1, 0.15) is 5.76 Å². The fraction of sp³-hybridized carbons (Fsp3) is 0.182. The van der Waals surface area contributed by atoms with Crippen LogP contribution in [-0.2, 0) is 14.3 Å². The number of ether oxygens (including phenoxy) is 1. The molecule has 0 aliphatic heterocycles. The number of carbonyl (C=O) groups excluding carboxylic acids is 2. The van der Waals surface area contributed by atoms with Crippen LogP contribution in [-0.4, -0.2) is 28.4 Å². The van der Waals surface area contributed by atoms with Crippen LogP contribution >= 0.6 is 11.6 Å². The molecule has 0 unspecified atom stereocenters. The highest BCUT2D eigenvalue weighted by Gasteiger charge is 2.13. The van der Waals surface area contributed by atoms with Crippen LogP contribution in [0, 0.1) is 0 Å². The third-order valence-corrected chi connectivity index (χ3v) is 1.95. The number of esters is 1. The number of halogens is 1. The van der Waals surface area contributed by atoms with Gasteiger partial charge >= 0.3 is 5.97 Å². The van der Waals surface area contributed by atoms with Crippen molar-refractivity contribution >= 4 is 29.1 Å². The van der Waals surface area contributed by atoms with Crippen molar-refractivity contribution in [3.8, 4) is 0 Å². The number of pyridine rings is 1. The van der Waals surface area contributed by atoms with Gasteiger partial charge in [0, 0.05) is 24.0 Å². The van der Waals surface area contributed by atoms with E-state index in [1.807, 2.05) is 0 Å². The average Bonchev–Trinajstić information content (AvgIpc) is 2.29. The van der Waals surface area contributed by atoms with Gasteiger partial charge in [-0.25, -0.2) is 4.79 Å². The van der Waals surface area contributed by atoms with Crippen molar-refractivity contribution in [3.05, 3.63) is 35.1 Å². The van der Waals surface area contributed by atoms with Crippen LogP contribution in [0.4, 0.5) is 0 Å². The smallest absolute Gasteiger partial charge is 0.379 e. The normalized spacial score (nSPS) is 11.1. The number of ketones is 1. The van der Waals surface area contributed by atoms with Gasteiger partial charge in [0.2, 0.25) is 0 Å². The van der Waals surface area contributed by atoms with Gasteiger partial charge in [-0.15, -0.1) is 0 Å². The van der Waals surface area contributed by atoms with Crippen molar-refractivity contribution in [2.45, 2.75) is 6.92 Å². The lowest BCUT2D eigenvalue weighted by atomic mass is 10.2. The molecule has 1 aromatic heterocycles. The SMILES string of the molecule is CCOC(=O)C(=O)C=C(O)c1cncc(Cl)c1. The molecule has 0 bridgehead atoms. The van der Waals surface area contributed by atoms with E-state index in [0.717, 1.165) is 6.08 Å².